The second-order valence-electron chi connectivity index (χ2n) is 21.8. The van der Waals surface area contributed by atoms with Crippen LogP contribution in [0.15, 0.2) is 0 Å². The van der Waals surface area contributed by atoms with Gasteiger partial charge >= 0.3 is 0 Å². The Hall–Kier alpha value is -2.91. The van der Waals surface area contributed by atoms with Gasteiger partial charge in [0.2, 0.25) is 17.7 Å². The van der Waals surface area contributed by atoms with Crippen LogP contribution < -0.4 is 16.0 Å². The molecule has 7 aliphatic heterocycles. The summed E-state index contributed by atoms with van der Waals surface area (Å²) in [6, 6.07) is -5.42. The molecule has 7 saturated heterocycles. The number of nitrogens with one attached hydrogen (secondary N) is 3. The third-order valence-electron chi connectivity index (χ3n) is 15.8. The van der Waals surface area contributed by atoms with Crippen molar-refractivity contribution in [2.75, 3.05) is 46.2 Å². The minimum atomic E-state index is -2.42. The molecule has 3 amide bonds. The molecule has 0 saturated carbocycles. The van der Waals surface area contributed by atoms with Gasteiger partial charge in [-0.15, -0.1) is 0 Å². The maximum absolute atomic E-state index is 12.9. The maximum Gasteiger partial charge on any atom is 0.217 e. The standard InChI is InChI=1S/C48H81N3O36/c1-11(59)49-21-27(65)36(17(7-55)75-42(21)74)85-47-35(73)40(26(64)16(6-54)78-47)86-48-41(87-44-23(51-13(3)61)29(67)38(19(9-57)80-44)84-46-33(71)31(69)25(63)15(5-53)77-46)34(72)39(20(10-58)81-48)82-43-22(50-12(2)60)28(66)37(18(8-56)79-43)83-45-32(70)30(68)24(62)14(4-52)76-45/h14-48,52-58,62-74H,4-10H2,1-3H3,(H,49,59)(H,50,60)(H,51,61)/t14-,15-,16-,17-,18-,19-,20-,21-,22-,23-,24+,25+,26-,27-,28-,29-,30+,31+,32-,33+,34+,35+,36-,37-,38-,39-,40+,41+,42?,43+,44+,45+,46+,47+,48-/m1/s1. The number of ether oxygens (including phenoxy) is 13. The third kappa shape index (κ3) is 15.6. The van der Waals surface area contributed by atoms with E-state index in [0.717, 1.165) is 20.8 Å². The number of carbonyl (C=O) groups is 3. The fraction of sp³-hybridized carbons (Fsp3) is 0.938. The summed E-state index contributed by atoms with van der Waals surface area (Å²) in [6.45, 7) is -4.35. The second kappa shape index (κ2) is 31.1. The second-order valence-corrected chi connectivity index (χ2v) is 21.8. The highest BCUT2D eigenvalue weighted by Gasteiger charge is 2.60. The summed E-state index contributed by atoms with van der Waals surface area (Å²) in [5.74, 6) is -2.60. The maximum atomic E-state index is 12.9. The highest BCUT2D eigenvalue weighted by molar-refractivity contribution is 5.74. The topological polar surface area (TPSA) is 612 Å². The Balaban J connectivity index is 1.24. The molecule has 23 N–H and O–H groups in total. The molecule has 1 unspecified atom stereocenters. The van der Waals surface area contributed by atoms with Crippen LogP contribution in [0.3, 0.4) is 0 Å². The number of hydrogen-bond acceptors (Lipinski definition) is 36. The lowest BCUT2D eigenvalue weighted by Crippen LogP contribution is -2.71. The molecule has 7 heterocycles. The Kier molecular flexibility index (Phi) is 25.6. The van der Waals surface area contributed by atoms with Crippen molar-refractivity contribution in [2.45, 2.75) is 236 Å². The van der Waals surface area contributed by atoms with Gasteiger partial charge in [-0.25, -0.2) is 0 Å². The normalized spacial score (nSPS) is 48.9. The van der Waals surface area contributed by atoms with Crippen LogP contribution in [0, 0.1) is 0 Å². The predicted molar refractivity (Wildman–Crippen MR) is 267 cm³/mol. The highest BCUT2D eigenvalue weighted by Crippen LogP contribution is 2.39. The van der Waals surface area contributed by atoms with E-state index in [1.54, 1.807) is 0 Å². The zero-order valence-electron chi connectivity index (χ0n) is 46.6. The quantitative estimate of drug-likeness (QED) is 0.0479. The van der Waals surface area contributed by atoms with E-state index < -0.39 is 279 Å². The summed E-state index contributed by atoms with van der Waals surface area (Å²) >= 11 is 0. The zero-order chi connectivity index (χ0) is 64.2. The van der Waals surface area contributed by atoms with Gasteiger partial charge in [0.05, 0.1) is 46.2 Å². The van der Waals surface area contributed by atoms with Crippen molar-refractivity contribution in [2.24, 2.45) is 0 Å². The van der Waals surface area contributed by atoms with Crippen LogP contribution in [0.5, 0.6) is 0 Å². The fourth-order valence-electron chi connectivity index (χ4n) is 11.2. The highest BCUT2D eigenvalue weighted by atomic mass is 16.8. The summed E-state index contributed by atoms with van der Waals surface area (Å²) in [6.07, 6.45) is -63.8. The molecule has 0 aliphatic carbocycles. The first-order valence-electron chi connectivity index (χ1n) is 27.6. The molecule has 7 fully saturated rings. The minimum absolute atomic E-state index is 0.766. The van der Waals surface area contributed by atoms with E-state index in [1.165, 1.54) is 0 Å². The molecule has 39 nitrogen and oxygen atoms in total. The Bertz CT molecular complexity index is 2190. The SMILES string of the molecule is CC(=O)N[C@H]1[C@H](O[C@@H]2[C@@H](O[C@@H]3[C@H](O)[C@H](O[C@H]4[C@H](O)[C@@H](NC(C)=O)C(O)O[C@@H]4CO)O[C@H](CO)[C@H]3O)O[C@H](CO)[C@@H](O[C@@H]3O[C@H](CO)[C@@H](O[C@@H]4O[C@H](CO)[C@H](O)[C@H](O)[C@H]4O)[C@H](O)[C@H]3NC(C)=O)[C@@H]2O)O[C@H](CO)[C@@H](O[C@@H]2O[C@H](CO)[C@H](O)[C@H](O)[C@@H]2O)[C@@H]1O. The van der Waals surface area contributed by atoms with E-state index in [-0.39, 0.29) is 0 Å². The molecule has 0 aromatic heterocycles. The smallest absolute Gasteiger partial charge is 0.217 e. The van der Waals surface area contributed by atoms with E-state index in [1.807, 2.05) is 0 Å². The zero-order valence-corrected chi connectivity index (χ0v) is 46.6. The molecule has 7 rings (SSSR count). The molecule has 7 aliphatic rings. The van der Waals surface area contributed by atoms with Gasteiger partial charge in [0.25, 0.3) is 0 Å². The molecule has 87 heavy (non-hydrogen) atoms. The van der Waals surface area contributed by atoms with Crippen molar-refractivity contribution < 1.29 is 178 Å². The molecule has 0 bridgehead atoms. The van der Waals surface area contributed by atoms with Crippen molar-refractivity contribution in [1.82, 2.24) is 16.0 Å². The summed E-state index contributed by atoms with van der Waals surface area (Å²) < 4.78 is 76.0. The van der Waals surface area contributed by atoms with Crippen molar-refractivity contribution in [3.8, 4) is 0 Å². The van der Waals surface area contributed by atoms with Crippen LogP contribution in [0.25, 0.3) is 0 Å². The first kappa shape index (κ1) is 71.5. The van der Waals surface area contributed by atoms with Gasteiger partial charge < -0.3 is 180 Å². The van der Waals surface area contributed by atoms with E-state index in [9.17, 15) is 117 Å². The minimum Gasteiger partial charge on any atom is -0.394 e. The number of hydrogen-bond donors (Lipinski definition) is 23. The van der Waals surface area contributed by atoms with Crippen molar-refractivity contribution in [3.05, 3.63) is 0 Å². The van der Waals surface area contributed by atoms with E-state index in [0.29, 0.717) is 0 Å². The number of aliphatic hydroxyl groups excluding tert-OH is 20. The average Bonchev–Trinajstić information content (AvgIpc) is 1.24. The molecule has 39 heteroatoms. The number of rotatable bonds is 22. The van der Waals surface area contributed by atoms with Gasteiger partial charge in [0.1, 0.15) is 171 Å². The van der Waals surface area contributed by atoms with Crippen LogP contribution in [-0.4, -0.2) is 381 Å². The van der Waals surface area contributed by atoms with Gasteiger partial charge in [-0.05, 0) is 0 Å². The lowest BCUT2D eigenvalue weighted by molar-refractivity contribution is -0.404. The van der Waals surface area contributed by atoms with Crippen molar-refractivity contribution in [3.63, 3.8) is 0 Å². The van der Waals surface area contributed by atoms with E-state index in [2.05, 4.69) is 16.0 Å². The summed E-state index contributed by atoms with van der Waals surface area (Å²) in [7, 11) is 0. The van der Waals surface area contributed by atoms with E-state index >= 15 is 0 Å². The average molecular weight is 1280 g/mol. The van der Waals surface area contributed by atoms with Crippen LogP contribution in [0.2, 0.25) is 0 Å². The number of amides is 3. The fourth-order valence-corrected chi connectivity index (χ4v) is 11.2. The number of carbonyl (C=O) groups excluding carboxylic acids is 3. The first-order valence-corrected chi connectivity index (χ1v) is 27.6. The molecule has 35 atom stereocenters. The van der Waals surface area contributed by atoms with Crippen LogP contribution in [0.4, 0.5) is 0 Å². The van der Waals surface area contributed by atoms with Crippen LogP contribution >= 0.6 is 0 Å². The molecular formula is C48H81N3O36. The summed E-state index contributed by atoms with van der Waals surface area (Å²) in [5.41, 5.74) is 0. The lowest BCUT2D eigenvalue weighted by Gasteiger charge is -2.52. The van der Waals surface area contributed by atoms with Gasteiger partial charge in [-0.1, -0.05) is 0 Å². The lowest BCUT2D eigenvalue weighted by atomic mass is 9.93. The van der Waals surface area contributed by atoms with Gasteiger partial charge in [-0.2, -0.15) is 0 Å². The Morgan fingerprint density at radius 3 is 0.931 bits per heavy atom. The Morgan fingerprint density at radius 1 is 0.276 bits per heavy atom. The summed E-state index contributed by atoms with van der Waals surface area (Å²) in [5, 5.41) is 225. The molecule has 0 spiro atoms. The van der Waals surface area contributed by atoms with Crippen molar-refractivity contribution >= 4 is 17.7 Å². The summed E-state index contributed by atoms with van der Waals surface area (Å²) in [4.78, 5) is 37.7. The Labute approximate surface area is 492 Å². The van der Waals surface area contributed by atoms with Gasteiger partial charge in [0, 0.05) is 20.8 Å². The molecule has 0 aromatic rings. The van der Waals surface area contributed by atoms with Gasteiger partial charge in [0.15, 0.2) is 44.0 Å². The molecular weight excluding hydrogens is 1190 g/mol. The number of aliphatic hydroxyl groups is 20. The third-order valence-corrected chi connectivity index (χ3v) is 15.8. The van der Waals surface area contributed by atoms with Crippen LogP contribution in [0.1, 0.15) is 20.8 Å². The monoisotopic (exact) mass is 1280 g/mol. The predicted octanol–water partition coefficient (Wildman–Crippen LogP) is -15.8. The van der Waals surface area contributed by atoms with Crippen LogP contribution in [-0.2, 0) is 76.0 Å². The largest absolute Gasteiger partial charge is 0.394 e. The molecule has 504 valence electrons. The molecule has 0 aromatic carbocycles. The molecule has 0 radical (unpaired) electrons. The van der Waals surface area contributed by atoms with Crippen molar-refractivity contribution in [1.29, 1.82) is 0 Å². The van der Waals surface area contributed by atoms with E-state index in [4.69, 9.17) is 61.6 Å². The Morgan fingerprint density at radius 2 is 0.552 bits per heavy atom. The van der Waals surface area contributed by atoms with Gasteiger partial charge in [-0.3, -0.25) is 14.4 Å². The first-order chi connectivity index (χ1) is 41.2.